The van der Waals surface area contributed by atoms with Crippen LogP contribution in [0.2, 0.25) is 0 Å². The van der Waals surface area contributed by atoms with Crippen LogP contribution in [0.15, 0.2) is 53.3 Å². The van der Waals surface area contributed by atoms with Crippen LogP contribution in [0, 0.1) is 27.3 Å². The van der Waals surface area contributed by atoms with Crippen LogP contribution in [-0.4, -0.2) is 29.5 Å². The SMILES string of the molecule is CCn1nc(Cc2ccnn2-c2ccc(F)cc2C(C)Oc2cc(Br)cnc2[N+](=O)[O-])cc1C#N. The Balaban J connectivity index is 1.70. The van der Waals surface area contributed by atoms with Crippen molar-refractivity contribution in [1.29, 1.82) is 5.26 Å². The van der Waals surface area contributed by atoms with Gasteiger partial charge < -0.3 is 14.9 Å². The fourth-order valence-corrected chi connectivity index (χ4v) is 4.00. The minimum absolute atomic E-state index is 0.0538. The summed E-state index contributed by atoms with van der Waals surface area (Å²) in [6.07, 6.45) is 2.52. The Bertz CT molecular complexity index is 1440. The molecule has 12 heteroatoms. The van der Waals surface area contributed by atoms with Gasteiger partial charge in [0, 0.05) is 30.8 Å². The molecule has 0 aliphatic heterocycles. The molecule has 0 radical (unpaired) electrons. The molecule has 0 saturated heterocycles. The summed E-state index contributed by atoms with van der Waals surface area (Å²) in [5, 5.41) is 29.6. The molecule has 0 fully saturated rings. The molecule has 3 aromatic heterocycles. The Morgan fingerprint density at radius 3 is 2.80 bits per heavy atom. The van der Waals surface area contributed by atoms with Crippen molar-refractivity contribution in [2.24, 2.45) is 0 Å². The Labute approximate surface area is 207 Å². The first-order valence-corrected chi connectivity index (χ1v) is 11.4. The Hall–Kier alpha value is -4.11. The standard InChI is InChI=1S/C23H19BrFN7O3/c1-3-30-19(12-26)11-17(29-30)10-18-6-7-28-31(18)21-5-4-16(25)9-20(21)14(2)35-22-8-15(24)13-27-23(22)32(33)34/h4-9,11,13-14H,3,10H2,1-2H3. The molecule has 0 N–H and O–H groups in total. The number of nitro groups is 1. The number of rotatable bonds is 8. The van der Waals surface area contributed by atoms with E-state index in [0.717, 1.165) is 5.69 Å². The summed E-state index contributed by atoms with van der Waals surface area (Å²) in [7, 11) is 0. The van der Waals surface area contributed by atoms with Crippen LogP contribution >= 0.6 is 15.9 Å². The van der Waals surface area contributed by atoms with Crippen LogP contribution < -0.4 is 4.74 Å². The van der Waals surface area contributed by atoms with E-state index < -0.39 is 22.7 Å². The third-order valence-corrected chi connectivity index (χ3v) is 5.69. The predicted molar refractivity (Wildman–Crippen MR) is 127 cm³/mol. The lowest BCUT2D eigenvalue weighted by atomic mass is 10.1. The highest BCUT2D eigenvalue weighted by molar-refractivity contribution is 9.10. The van der Waals surface area contributed by atoms with Crippen molar-refractivity contribution in [2.45, 2.75) is 32.9 Å². The van der Waals surface area contributed by atoms with E-state index in [9.17, 15) is 19.8 Å². The molecule has 1 aromatic carbocycles. The van der Waals surface area contributed by atoms with Crippen LogP contribution in [0.1, 0.15) is 42.6 Å². The van der Waals surface area contributed by atoms with Gasteiger partial charge in [-0.2, -0.15) is 15.5 Å². The molecule has 0 saturated carbocycles. The van der Waals surface area contributed by atoms with Crippen molar-refractivity contribution in [1.82, 2.24) is 24.5 Å². The number of halogens is 2. The number of nitriles is 1. The molecular formula is C23H19BrFN7O3. The molecule has 0 aliphatic rings. The lowest BCUT2D eigenvalue weighted by molar-refractivity contribution is -0.390. The normalized spacial score (nSPS) is 11.7. The van der Waals surface area contributed by atoms with Gasteiger partial charge in [-0.1, -0.05) is 0 Å². The zero-order valence-electron chi connectivity index (χ0n) is 18.7. The van der Waals surface area contributed by atoms with Crippen LogP contribution in [-0.2, 0) is 13.0 Å². The Morgan fingerprint density at radius 2 is 2.11 bits per heavy atom. The van der Waals surface area contributed by atoms with Crippen molar-refractivity contribution in [2.75, 3.05) is 0 Å². The zero-order chi connectivity index (χ0) is 25.1. The lowest BCUT2D eigenvalue weighted by Gasteiger charge is -2.19. The molecule has 0 spiro atoms. The third kappa shape index (κ3) is 5.04. The van der Waals surface area contributed by atoms with Crippen LogP contribution in [0.5, 0.6) is 5.75 Å². The van der Waals surface area contributed by atoms with Crippen molar-refractivity contribution in [3.63, 3.8) is 0 Å². The van der Waals surface area contributed by atoms with E-state index in [1.54, 1.807) is 40.7 Å². The number of aromatic nitrogens is 5. The number of nitrogens with zero attached hydrogens (tertiary/aromatic N) is 7. The Kier molecular flexibility index (Phi) is 6.88. The van der Waals surface area contributed by atoms with Gasteiger partial charge in [0.15, 0.2) is 6.20 Å². The van der Waals surface area contributed by atoms with Gasteiger partial charge in [0.25, 0.3) is 0 Å². The second kappa shape index (κ2) is 10.0. The Morgan fingerprint density at radius 1 is 1.31 bits per heavy atom. The fourth-order valence-electron chi connectivity index (χ4n) is 3.69. The highest BCUT2D eigenvalue weighted by atomic mass is 79.9. The van der Waals surface area contributed by atoms with Gasteiger partial charge in [0.1, 0.15) is 23.7 Å². The maximum atomic E-state index is 14.3. The highest BCUT2D eigenvalue weighted by Crippen LogP contribution is 2.33. The molecule has 0 aliphatic carbocycles. The minimum Gasteiger partial charge on any atom is -0.478 e. The van der Waals surface area contributed by atoms with Gasteiger partial charge in [-0.3, -0.25) is 4.68 Å². The molecule has 0 amide bonds. The summed E-state index contributed by atoms with van der Waals surface area (Å²) in [5.41, 5.74) is 2.88. The van der Waals surface area contributed by atoms with Crippen molar-refractivity contribution < 1.29 is 14.1 Å². The summed E-state index contributed by atoms with van der Waals surface area (Å²) in [6, 6.07) is 11.3. The maximum absolute atomic E-state index is 14.3. The van der Waals surface area contributed by atoms with Crippen LogP contribution in [0.4, 0.5) is 10.2 Å². The third-order valence-electron chi connectivity index (χ3n) is 5.26. The van der Waals surface area contributed by atoms with E-state index in [2.05, 4.69) is 37.2 Å². The van der Waals surface area contributed by atoms with E-state index in [-0.39, 0.29) is 5.75 Å². The predicted octanol–water partition coefficient (Wildman–Crippen LogP) is 4.90. The first-order chi connectivity index (χ1) is 16.8. The molecule has 0 bridgehead atoms. The number of hydrogen-bond donors (Lipinski definition) is 0. The number of ether oxygens (including phenoxy) is 1. The summed E-state index contributed by atoms with van der Waals surface area (Å²) in [6.45, 7) is 4.13. The van der Waals surface area contributed by atoms with Gasteiger partial charge in [0.2, 0.25) is 5.75 Å². The number of pyridine rings is 1. The summed E-state index contributed by atoms with van der Waals surface area (Å²) in [4.78, 5) is 14.6. The van der Waals surface area contributed by atoms with E-state index in [1.807, 2.05) is 6.92 Å². The average molecular weight is 540 g/mol. The lowest BCUT2D eigenvalue weighted by Crippen LogP contribution is -2.12. The largest absolute Gasteiger partial charge is 0.478 e. The second-order valence-electron chi connectivity index (χ2n) is 7.56. The monoisotopic (exact) mass is 539 g/mol. The van der Waals surface area contributed by atoms with Crippen LogP contribution in [0.25, 0.3) is 5.69 Å². The molecular weight excluding hydrogens is 521 g/mol. The minimum atomic E-state index is -0.781. The van der Waals surface area contributed by atoms with E-state index in [0.29, 0.717) is 40.1 Å². The van der Waals surface area contributed by atoms with Gasteiger partial charge in [-0.25, -0.2) is 9.07 Å². The van der Waals surface area contributed by atoms with E-state index in [1.165, 1.54) is 24.4 Å². The summed E-state index contributed by atoms with van der Waals surface area (Å²) >= 11 is 3.24. The van der Waals surface area contributed by atoms with Crippen molar-refractivity contribution in [3.05, 3.63) is 91.8 Å². The van der Waals surface area contributed by atoms with Crippen molar-refractivity contribution >= 4 is 21.7 Å². The van der Waals surface area contributed by atoms with Crippen LogP contribution in [0.3, 0.4) is 0 Å². The molecule has 1 atom stereocenters. The molecule has 10 nitrogen and oxygen atoms in total. The van der Waals surface area contributed by atoms with Gasteiger partial charge in [0.05, 0.1) is 21.5 Å². The molecule has 178 valence electrons. The topological polar surface area (TPSA) is 125 Å². The molecule has 4 aromatic rings. The molecule has 35 heavy (non-hydrogen) atoms. The van der Waals surface area contributed by atoms with E-state index in [4.69, 9.17) is 4.74 Å². The van der Waals surface area contributed by atoms with Crippen molar-refractivity contribution in [3.8, 4) is 17.5 Å². The average Bonchev–Trinajstić information content (AvgIpc) is 3.45. The van der Waals surface area contributed by atoms with Gasteiger partial charge in [-0.05, 0) is 70.0 Å². The maximum Gasteiger partial charge on any atom is 0.406 e. The number of hydrogen-bond acceptors (Lipinski definition) is 7. The van der Waals surface area contributed by atoms with E-state index >= 15 is 0 Å². The molecule has 3 heterocycles. The highest BCUT2D eigenvalue weighted by Gasteiger charge is 2.23. The smallest absolute Gasteiger partial charge is 0.406 e. The van der Waals surface area contributed by atoms with Gasteiger partial charge >= 0.3 is 5.82 Å². The summed E-state index contributed by atoms with van der Waals surface area (Å²) < 4.78 is 23.9. The summed E-state index contributed by atoms with van der Waals surface area (Å²) in [5.74, 6) is -0.991. The number of aryl methyl sites for hydroxylation is 1. The first-order valence-electron chi connectivity index (χ1n) is 10.6. The quantitative estimate of drug-likeness (QED) is 0.230. The fraction of sp³-hybridized carbons (Fsp3) is 0.217. The second-order valence-corrected chi connectivity index (χ2v) is 8.47. The molecule has 4 rings (SSSR count). The number of benzene rings is 1. The van der Waals surface area contributed by atoms with Gasteiger partial charge in [-0.15, -0.1) is 0 Å². The molecule has 1 unspecified atom stereocenters. The zero-order valence-corrected chi connectivity index (χ0v) is 20.3. The first kappa shape index (κ1) is 24.0.